The van der Waals surface area contributed by atoms with Gasteiger partial charge in [0.15, 0.2) is 0 Å². The van der Waals surface area contributed by atoms with Crippen LogP contribution in [0.3, 0.4) is 0 Å². The molecule has 2 aromatic heterocycles. The maximum atomic E-state index is 13.6. The molecule has 1 amide bonds. The highest BCUT2D eigenvalue weighted by atomic mass is 32.2. The minimum Gasteiger partial charge on any atom is -0.345 e. The lowest BCUT2D eigenvalue weighted by molar-refractivity contribution is -0.133. The molecule has 1 atom stereocenters. The van der Waals surface area contributed by atoms with Crippen LogP contribution < -0.4 is 4.72 Å². The van der Waals surface area contributed by atoms with E-state index in [1.165, 1.54) is 11.3 Å². The molecule has 1 unspecified atom stereocenters. The van der Waals surface area contributed by atoms with Gasteiger partial charge in [0.1, 0.15) is 0 Å². The summed E-state index contributed by atoms with van der Waals surface area (Å²) in [6, 6.07) is 29.7. The fourth-order valence-electron chi connectivity index (χ4n) is 5.54. The molecule has 0 aliphatic carbocycles. The molecule has 41 heavy (non-hydrogen) atoms. The van der Waals surface area contributed by atoms with Crippen molar-refractivity contribution in [2.24, 2.45) is 0 Å². The zero-order valence-electron chi connectivity index (χ0n) is 22.7. The zero-order valence-corrected chi connectivity index (χ0v) is 23.5. The Morgan fingerprint density at radius 3 is 2.39 bits per heavy atom. The molecule has 0 bridgehead atoms. The van der Waals surface area contributed by atoms with E-state index in [1.807, 2.05) is 84.0 Å². The highest BCUT2D eigenvalue weighted by molar-refractivity contribution is 7.89. The number of nitrogens with zero attached hydrogens (tertiary/aromatic N) is 3. The van der Waals surface area contributed by atoms with E-state index in [4.69, 9.17) is 0 Å². The van der Waals surface area contributed by atoms with Gasteiger partial charge in [-0.1, -0.05) is 60.7 Å². The van der Waals surface area contributed by atoms with Gasteiger partial charge in [0, 0.05) is 43.3 Å². The van der Waals surface area contributed by atoms with Crippen molar-refractivity contribution in [3.05, 3.63) is 132 Å². The summed E-state index contributed by atoms with van der Waals surface area (Å²) in [6.07, 6.45) is 5.52. The topological polar surface area (TPSA) is 84.3 Å². The smallest absolute Gasteiger partial charge is 0.241 e. The zero-order chi connectivity index (χ0) is 28.2. The van der Waals surface area contributed by atoms with E-state index in [2.05, 4.69) is 26.4 Å². The van der Waals surface area contributed by atoms with E-state index < -0.39 is 16.1 Å². The maximum Gasteiger partial charge on any atom is 0.241 e. The van der Waals surface area contributed by atoms with Crippen LogP contribution in [0.2, 0.25) is 0 Å². The number of sulfonamides is 1. The van der Waals surface area contributed by atoms with Crippen molar-refractivity contribution in [2.45, 2.75) is 43.3 Å². The lowest BCUT2D eigenvalue weighted by Crippen LogP contribution is -2.40. The number of nitrogens with one attached hydrogen (secondary N) is 1. The monoisotopic (exact) mass is 564 g/mol. The van der Waals surface area contributed by atoms with E-state index in [1.54, 1.807) is 18.2 Å². The predicted molar refractivity (Wildman–Crippen MR) is 160 cm³/mol. The lowest BCUT2D eigenvalue weighted by atomic mass is 10.0. The molecule has 0 saturated carbocycles. The minimum atomic E-state index is -3.88. The van der Waals surface area contributed by atoms with Gasteiger partial charge in [-0.05, 0) is 71.1 Å². The molecule has 7 nitrogen and oxygen atoms in total. The maximum absolute atomic E-state index is 13.6. The number of aromatic nitrogens is 2. The molecule has 6 rings (SSSR count). The second kappa shape index (κ2) is 11.7. The molecule has 1 aliphatic heterocycles. The van der Waals surface area contributed by atoms with Crippen LogP contribution in [0.1, 0.15) is 35.0 Å². The number of fused-ring (bicyclic) bond motifs is 2. The molecular formula is C33H32N4O3S. The first-order valence-electron chi connectivity index (χ1n) is 13.9. The Hall–Kier alpha value is -4.27. The van der Waals surface area contributed by atoms with Crippen molar-refractivity contribution in [1.29, 1.82) is 0 Å². The van der Waals surface area contributed by atoms with Crippen LogP contribution in [-0.4, -0.2) is 35.3 Å². The Morgan fingerprint density at radius 1 is 0.829 bits per heavy atom. The van der Waals surface area contributed by atoms with Crippen LogP contribution in [-0.2, 0) is 40.7 Å². The molecule has 3 heterocycles. The van der Waals surface area contributed by atoms with Gasteiger partial charge in [-0.3, -0.25) is 9.78 Å². The summed E-state index contributed by atoms with van der Waals surface area (Å²) in [5.41, 5.74) is 4.36. The Balaban J connectivity index is 1.17. The summed E-state index contributed by atoms with van der Waals surface area (Å²) in [6.45, 7) is 1.81. The molecule has 1 aliphatic rings. The number of carbonyl (C=O) groups excluding carboxylic acids is 1. The van der Waals surface area contributed by atoms with Gasteiger partial charge in [0.25, 0.3) is 0 Å². The number of aryl methyl sites for hydroxylation is 2. The number of pyridine rings is 1. The van der Waals surface area contributed by atoms with E-state index in [-0.39, 0.29) is 17.2 Å². The van der Waals surface area contributed by atoms with Gasteiger partial charge in [0.2, 0.25) is 15.9 Å². The molecule has 208 valence electrons. The average molecular weight is 565 g/mol. The molecule has 0 fully saturated rings. The summed E-state index contributed by atoms with van der Waals surface area (Å²) in [4.78, 5) is 19.7. The molecule has 5 aromatic rings. The summed E-state index contributed by atoms with van der Waals surface area (Å²) >= 11 is 0. The number of rotatable bonds is 9. The highest BCUT2D eigenvalue weighted by Gasteiger charge is 2.28. The lowest BCUT2D eigenvalue weighted by Gasteiger charge is -2.31. The van der Waals surface area contributed by atoms with Gasteiger partial charge < -0.3 is 9.47 Å². The third kappa shape index (κ3) is 6.09. The Bertz CT molecular complexity index is 1770. The van der Waals surface area contributed by atoms with E-state index in [0.717, 1.165) is 41.4 Å². The molecule has 0 radical (unpaired) electrons. The summed E-state index contributed by atoms with van der Waals surface area (Å²) < 4.78 is 32.1. The van der Waals surface area contributed by atoms with Gasteiger partial charge in [-0.2, -0.15) is 0 Å². The predicted octanol–water partition coefficient (Wildman–Crippen LogP) is 5.27. The largest absolute Gasteiger partial charge is 0.345 e. The van der Waals surface area contributed by atoms with Crippen LogP contribution in [0, 0.1) is 0 Å². The van der Waals surface area contributed by atoms with Crippen LogP contribution in [0.25, 0.3) is 10.8 Å². The quantitative estimate of drug-likeness (QED) is 0.264. The third-order valence-corrected chi connectivity index (χ3v) is 9.26. The third-order valence-electron chi connectivity index (χ3n) is 7.79. The van der Waals surface area contributed by atoms with Gasteiger partial charge in [-0.25, -0.2) is 13.1 Å². The van der Waals surface area contributed by atoms with Crippen molar-refractivity contribution in [1.82, 2.24) is 19.2 Å². The van der Waals surface area contributed by atoms with Crippen molar-refractivity contribution in [2.75, 3.05) is 6.54 Å². The standard InChI is InChI=1S/C33H32N4O3S/c38-33(36-20-21-37-29(13-14-30(37)24-36)12-10-25-16-18-34-19-17-25)23-32(27-7-2-1-3-8-27)35-41(39,40)31-15-11-26-6-4-5-9-28(26)22-31/h1-9,11,13-19,22,32,35H,10,12,20-21,23-24H2. The Morgan fingerprint density at radius 2 is 1.59 bits per heavy atom. The van der Waals surface area contributed by atoms with E-state index in [9.17, 15) is 13.2 Å². The number of hydrogen-bond donors (Lipinski definition) is 1. The average Bonchev–Trinajstić information content (AvgIpc) is 3.42. The van der Waals surface area contributed by atoms with E-state index >= 15 is 0 Å². The number of amides is 1. The van der Waals surface area contributed by atoms with Crippen molar-refractivity contribution in [3.8, 4) is 0 Å². The normalized spacial score (nSPS) is 14.1. The van der Waals surface area contributed by atoms with Gasteiger partial charge in [-0.15, -0.1) is 0 Å². The minimum absolute atomic E-state index is 0.0342. The second-order valence-electron chi connectivity index (χ2n) is 10.4. The summed E-state index contributed by atoms with van der Waals surface area (Å²) in [7, 11) is -3.88. The molecular weight excluding hydrogens is 532 g/mol. The SMILES string of the molecule is O=C(CC(NS(=O)(=O)c1ccc2ccccc2c1)c1ccccc1)N1CCn2c(CCc3ccncc3)ccc2C1. The van der Waals surface area contributed by atoms with E-state index in [0.29, 0.717) is 13.1 Å². The molecule has 3 aromatic carbocycles. The Labute approximate surface area is 240 Å². The van der Waals surface area contributed by atoms with Crippen LogP contribution >= 0.6 is 0 Å². The van der Waals surface area contributed by atoms with Gasteiger partial charge >= 0.3 is 0 Å². The first kappa shape index (κ1) is 26.9. The molecule has 1 N–H and O–H groups in total. The summed E-state index contributed by atoms with van der Waals surface area (Å²) in [5, 5.41) is 1.82. The van der Waals surface area contributed by atoms with Crippen LogP contribution in [0.5, 0.6) is 0 Å². The Kier molecular flexibility index (Phi) is 7.67. The fourth-order valence-corrected chi connectivity index (χ4v) is 6.80. The van der Waals surface area contributed by atoms with Crippen molar-refractivity contribution >= 4 is 26.7 Å². The fraction of sp³-hybridized carbons (Fsp3) is 0.212. The number of carbonyl (C=O) groups is 1. The first-order chi connectivity index (χ1) is 20.0. The number of hydrogen-bond acceptors (Lipinski definition) is 4. The highest BCUT2D eigenvalue weighted by Crippen LogP contribution is 2.26. The number of benzene rings is 3. The van der Waals surface area contributed by atoms with Crippen LogP contribution in [0.4, 0.5) is 0 Å². The van der Waals surface area contributed by atoms with Crippen molar-refractivity contribution in [3.63, 3.8) is 0 Å². The molecule has 0 spiro atoms. The molecule has 0 saturated heterocycles. The summed E-state index contributed by atoms with van der Waals surface area (Å²) in [5.74, 6) is -0.0779. The van der Waals surface area contributed by atoms with Gasteiger partial charge in [0.05, 0.1) is 17.5 Å². The van der Waals surface area contributed by atoms with Crippen molar-refractivity contribution < 1.29 is 13.2 Å². The second-order valence-corrected chi connectivity index (χ2v) is 12.2. The molecule has 8 heteroatoms. The van der Waals surface area contributed by atoms with Crippen LogP contribution in [0.15, 0.2) is 114 Å². The first-order valence-corrected chi connectivity index (χ1v) is 15.3.